The first-order chi connectivity index (χ1) is 9.52. The number of aliphatic hydroxyl groups is 1. The molecule has 0 aliphatic rings. The van der Waals surface area contributed by atoms with Crippen LogP contribution in [-0.2, 0) is 9.47 Å². The molecule has 0 aliphatic heterocycles. The average molecular weight is 282 g/mol. The maximum Gasteiger partial charge on any atom is 0.248 e. The predicted octanol–water partition coefficient (Wildman–Crippen LogP) is 0.610. The van der Waals surface area contributed by atoms with Gasteiger partial charge >= 0.3 is 0 Å². The van der Waals surface area contributed by atoms with E-state index in [1.165, 1.54) is 0 Å². The van der Waals surface area contributed by atoms with E-state index in [0.29, 0.717) is 18.7 Å². The fourth-order valence-corrected chi connectivity index (χ4v) is 1.64. The minimum atomic E-state index is -0.647. The first-order valence-corrected chi connectivity index (χ1v) is 6.45. The van der Waals surface area contributed by atoms with Crippen LogP contribution in [0.2, 0.25) is 0 Å². The van der Waals surface area contributed by atoms with Gasteiger partial charge in [-0.3, -0.25) is 4.79 Å². The van der Waals surface area contributed by atoms with Gasteiger partial charge in [-0.15, -0.1) is 0 Å². The van der Waals surface area contributed by atoms with Gasteiger partial charge in [0.2, 0.25) is 5.91 Å². The number of hydrogen-bond donors (Lipinski definition) is 3. The summed E-state index contributed by atoms with van der Waals surface area (Å²) in [5, 5.41) is 12.8. The number of ether oxygens (including phenoxy) is 2. The first-order valence-electron chi connectivity index (χ1n) is 6.45. The quantitative estimate of drug-likeness (QED) is 0.617. The van der Waals surface area contributed by atoms with Gasteiger partial charge in [-0.2, -0.15) is 0 Å². The van der Waals surface area contributed by atoms with Crippen LogP contribution in [-0.4, -0.2) is 50.1 Å². The number of methoxy groups -OCH3 is 1. The van der Waals surface area contributed by atoms with E-state index in [4.69, 9.17) is 15.2 Å². The zero-order chi connectivity index (χ0) is 15.0. The van der Waals surface area contributed by atoms with Crippen LogP contribution in [0.5, 0.6) is 0 Å². The highest BCUT2D eigenvalue weighted by atomic mass is 16.5. The van der Waals surface area contributed by atoms with Crippen LogP contribution in [0.3, 0.4) is 0 Å². The number of primary amides is 1. The Kier molecular flexibility index (Phi) is 7.00. The van der Waals surface area contributed by atoms with Crippen molar-refractivity contribution >= 4 is 11.6 Å². The van der Waals surface area contributed by atoms with Crippen molar-refractivity contribution in [3.05, 3.63) is 29.8 Å². The summed E-state index contributed by atoms with van der Waals surface area (Å²) in [6.07, 6.45) is -0.709. The smallest absolute Gasteiger partial charge is 0.248 e. The van der Waals surface area contributed by atoms with Crippen molar-refractivity contribution in [3.8, 4) is 0 Å². The Balaban J connectivity index is 2.35. The molecule has 1 rings (SSSR count). The number of carbonyl (C=O) groups excluding carboxylic acids is 1. The number of anilines is 1. The molecule has 6 heteroatoms. The van der Waals surface area contributed by atoms with Gasteiger partial charge < -0.3 is 25.6 Å². The lowest BCUT2D eigenvalue weighted by atomic mass is 10.2. The summed E-state index contributed by atoms with van der Waals surface area (Å²) in [5.74, 6) is -0.481. The third kappa shape index (κ3) is 6.01. The number of rotatable bonds is 9. The van der Waals surface area contributed by atoms with Crippen molar-refractivity contribution in [3.63, 3.8) is 0 Å². The van der Waals surface area contributed by atoms with Crippen LogP contribution >= 0.6 is 0 Å². The Hall–Kier alpha value is -1.63. The minimum Gasteiger partial charge on any atom is -0.389 e. The molecule has 4 N–H and O–H groups in total. The molecule has 112 valence electrons. The van der Waals surface area contributed by atoms with Gasteiger partial charge in [0.1, 0.15) is 0 Å². The molecule has 0 saturated heterocycles. The van der Waals surface area contributed by atoms with E-state index in [2.05, 4.69) is 5.32 Å². The fourth-order valence-electron chi connectivity index (χ4n) is 1.64. The number of benzene rings is 1. The van der Waals surface area contributed by atoms with E-state index >= 15 is 0 Å². The van der Waals surface area contributed by atoms with Crippen LogP contribution < -0.4 is 11.1 Å². The van der Waals surface area contributed by atoms with Crippen molar-refractivity contribution < 1.29 is 19.4 Å². The lowest BCUT2D eigenvalue weighted by Gasteiger charge is -2.17. The van der Waals surface area contributed by atoms with Crippen LogP contribution in [0.4, 0.5) is 5.69 Å². The standard InChI is InChI=1S/C14H22N2O4/c1-10(8-19-2)20-9-13(17)7-16-12-5-3-4-11(6-12)14(15)18/h3-6,10,13,16-17H,7-9H2,1-2H3,(H2,15,18). The molecular formula is C14H22N2O4. The Morgan fingerprint density at radius 3 is 2.85 bits per heavy atom. The predicted molar refractivity (Wildman–Crippen MR) is 76.7 cm³/mol. The molecule has 0 spiro atoms. The number of carbonyl (C=O) groups is 1. The van der Waals surface area contributed by atoms with Gasteiger partial charge in [-0.25, -0.2) is 0 Å². The number of aliphatic hydroxyl groups excluding tert-OH is 1. The van der Waals surface area contributed by atoms with Gasteiger partial charge in [0, 0.05) is 24.9 Å². The molecule has 1 amide bonds. The third-order valence-electron chi connectivity index (χ3n) is 2.66. The van der Waals surface area contributed by atoms with Gasteiger partial charge in [-0.1, -0.05) is 6.07 Å². The molecule has 0 saturated carbocycles. The zero-order valence-electron chi connectivity index (χ0n) is 11.8. The molecule has 1 aromatic rings. The van der Waals surface area contributed by atoms with E-state index in [1.807, 2.05) is 6.92 Å². The second-order valence-corrected chi connectivity index (χ2v) is 4.58. The largest absolute Gasteiger partial charge is 0.389 e. The highest BCUT2D eigenvalue weighted by Gasteiger charge is 2.08. The Labute approximate surface area is 118 Å². The monoisotopic (exact) mass is 282 g/mol. The molecule has 20 heavy (non-hydrogen) atoms. The molecule has 0 heterocycles. The lowest BCUT2D eigenvalue weighted by Crippen LogP contribution is -2.28. The SMILES string of the molecule is COCC(C)OCC(O)CNc1cccc(C(N)=O)c1. The molecule has 0 bridgehead atoms. The van der Waals surface area contributed by atoms with Crippen LogP contribution in [0, 0.1) is 0 Å². The van der Waals surface area contributed by atoms with Crippen molar-refractivity contribution in [2.24, 2.45) is 5.73 Å². The molecule has 6 nitrogen and oxygen atoms in total. The summed E-state index contributed by atoms with van der Waals surface area (Å²) in [6.45, 7) is 2.90. The van der Waals surface area contributed by atoms with Crippen molar-refractivity contribution in [2.45, 2.75) is 19.1 Å². The van der Waals surface area contributed by atoms with Gasteiger partial charge in [0.15, 0.2) is 0 Å². The second kappa shape index (κ2) is 8.52. The Morgan fingerprint density at radius 1 is 1.45 bits per heavy atom. The molecule has 0 aliphatic carbocycles. The van der Waals surface area contributed by atoms with Crippen LogP contribution in [0.1, 0.15) is 17.3 Å². The van der Waals surface area contributed by atoms with E-state index in [0.717, 1.165) is 5.69 Å². The number of amides is 1. The molecule has 0 radical (unpaired) electrons. The molecule has 2 unspecified atom stereocenters. The summed E-state index contributed by atoms with van der Waals surface area (Å²) >= 11 is 0. The molecule has 0 aromatic heterocycles. The van der Waals surface area contributed by atoms with Crippen LogP contribution in [0.15, 0.2) is 24.3 Å². The Morgan fingerprint density at radius 2 is 2.20 bits per heavy atom. The topological polar surface area (TPSA) is 93.8 Å². The summed E-state index contributed by atoms with van der Waals surface area (Å²) in [6, 6.07) is 6.81. The average Bonchev–Trinajstić information content (AvgIpc) is 2.43. The van der Waals surface area contributed by atoms with Gasteiger partial charge in [0.05, 0.1) is 25.4 Å². The minimum absolute atomic E-state index is 0.0622. The Bertz CT molecular complexity index is 425. The summed E-state index contributed by atoms with van der Waals surface area (Å²) in [4.78, 5) is 11.0. The van der Waals surface area contributed by atoms with Gasteiger partial charge in [-0.05, 0) is 25.1 Å². The molecular weight excluding hydrogens is 260 g/mol. The van der Waals surface area contributed by atoms with E-state index in [-0.39, 0.29) is 12.7 Å². The fraction of sp³-hybridized carbons (Fsp3) is 0.500. The van der Waals surface area contributed by atoms with Crippen molar-refractivity contribution in [2.75, 3.05) is 32.2 Å². The van der Waals surface area contributed by atoms with Crippen molar-refractivity contribution in [1.82, 2.24) is 0 Å². The number of nitrogens with two attached hydrogens (primary N) is 1. The van der Waals surface area contributed by atoms with Gasteiger partial charge in [0.25, 0.3) is 0 Å². The maximum atomic E-state index is 11.0. The maximum absolute atomic E-state index is 11.0. The van der Waals surface area contributed by atoms with E-state index in [1.54, 1.807) is 31.4 Å². The normalized spacial score (nSPS) is 13.8. The molecule has 0 fully saturated rings. The highest BCUT2D eigenvalue weighted by Crippen LogP contribution is 2.10. The number of hydrogen-bond acceptors (Lipinski definition) is 5. The summed E-state index contributed by atoms with van der Waals surface area (Å²) in [5.41, 5.74) is 6.35. The highest BCUT2D eigenvalue weighted by molar-refractivity contribution is 5.93. The van der Waals surface area contributed by atoms with Crippen molar-refractivity contribution in [1.29, 1.82) is 0 Å². The lowest BCUT2D eigenvalue weighted by molar-refractivity contribution is -0.0282. The zero-order valence-corrected chi connectivity index (χ0v) is 11.8. The summed E-state index contributed by atoms with van der Waals surface area (Å²) < 4.78 is 10.3. The van der Waals surface area contributed by atoms with E-state index in [9.17, 15) is 9.90 Å². The van der Waals surface area contributed by atoms with E-state index < -0.39 is 12.0 Å². The van der Waals surface area contributed by atoms with Crippen LogP contribution in [0.25, 0.3) is 0 Å². The third-order valence-corrected chi connectivity index (χ3v) is 2.66. The number of nitrogens with one attached hydrogen (secondary N) is 1. The second-order valence-electron chi connectivity index (χ2n) is 4.58. The first kappa shape index (κ1) is 16.4. The molecule has 1 aromatic carbocycles. The molecule has 2 atom stereocenters. The summed E-state index contributed by atoms with van der Waals surface area (Å²) in [7, 11) is 1.60.